The average Bonchev–Trinajstić information content (AvgIpc) is 3.33. The summed E-state index contributed by atoms with van der Waals surface area (Å²) in [5, 5.41) is 11.0. The van der Waals surface area contributed by atoms with Crippen molar-refractivity contribution in [3.63, 3.8) is 0 Å². The van der Waals surface area contributed by atoms with E-state index in [1.165, 1.54) is 31.2 Å². The summed E-state index contributed by atoms with van der Waals surface area (Å²) in [7, 11) is 1.80. The molecule has 0 unspecified atom stereocenters. The molecule has 0 radical (unpaired) electrons. The number of hydrogen-bond acceptors (Lipinski definition) is 3. The number of nitrogens with one attached hydrogen (secondary N) is 2. The SMILES string of the molecule is CN=C(NCc1cc(C(C)C)no1)NCC1(c2ccccc2)CCCC1. The third-order valence-electron chi connectivity index (χ3n) is 5.36. The molecule has 5 nitrogen and oxygen atoms in total. The van der Waals surface area contributed by atoms with Crippen LogP contribution >= 0.6 is 0 Å². The minimum absolute atomic E-state index is 0.204. The highest BCUT2D eigenvalue weighted by molar-refractivity contribution is 5.79. The Bertz CT molecular complexity index is 715. The van der Waals surface area contributed by atoms with Gasteiger partial charge in [-0.1, -0.05) is 62.2 Å². The van der Waals surface area contributed by atoms with Crippen molar-refractivity contribution < 1.29 is 4.52 Å². The quantitative estimate of drug-likeness (QED) is 0.608. The van der Waals surface area contributed by atoms with Crippen LogP contribution in [-0.4, -0.2) is 24.7 Å². The molecule has 0 atom stereocenters. The van der Waals surface area contributed by atoms with E-state index in [0.717, 1.165) is 24.0 Å². The van der Waals surface area contributed by atoms with Crippen LogP contribution in [-0.2, 0) is 12.0 Å². The standard InChI is InChI=1S/C21H30N4O/c1-16(2)19-13-18(26-25-19)14-23-20(22-3)24-15-21(11-7-8-12-21)17-9-5-4-6-10-17/h4-6,9-10,13,16H,7-8,11-12,14-15H2,1-3H3,(H2,22,23,24). The molecule has 5 heteroatoms. The first kappa shape index (κ1) is 18.5. The van der Waals surface area contributed by atoms with Crippen LogP contribution in [0.4, 0.5) is 0 Å². The van der Waals surface area contributed by atoms with Crippen LogP contribution in [0.3, 0.4) is 0 Å². The Kier molecular flexibility index (Phi) is 5.96. The first-order valence-electron chi connectivity index (χ1n) is 9.58. The molecule has 1 heterocycles. The first-order valence-corrected chi connectivity index (χ1v) is 9.58. The topological polar surface area (TPSA) is 62.5 Å². The number of rotatable bonds is 6. The smallest absolute Gasteiger partial charge is 0.191 e. The van der Waals surface area contributed by atoms with E-state index < -0.39 is 0 Å². The van der Waals surface area contributed by atoms with Gasteiger partial charge in [0.1, 0.15) is 0 Å². The van der Waals surface area contributed by atoms with E-state index in [4.69, 9.17) is 4.52 Å². The molecule has 26 heavy (non-hydrogen) atoms. The number of aliphatic imine (C=N–C) groups is 1. The molecule has 3 rings (SSSR count). The van der Waals surface area contributed by atoms with Gasteiger partial charge in [-0.2, -0.15) is 0 Å². The Morgan fingerprint density at radius 1 is 1.19 bits per heavy atom. The van der Waals surface area contributed by atoms with Gasteiger partial charge in [0.25, 0.3) is 0 Å². The third kappa shape index (κ3) is 4.26. The zero-order valence-corrected chi connectivity index (χ0v) is 16.1. The van der Waals surface area contributed by atoms with E-state index in [9.17, 15) is 0 Å². The van der Waals surface area contributed by atoms with Gasteiger partial charge >= 0.3 is 0 Å². The second-order valence-corrected chi connectivity index (χ2v) is 7.51. The van der Waals surface area contributed by atoms with E-state index in [1.807, 2.05) is 6.07 Å². The lowest BCUT2D eigenvalue weighted by molar-refractivity contribution is 0.371. The van der Waals surface area contributed by atoms with Crippen LogP contribution < -0.4 is 10.6 Å². The molecule has 0 spiro atoms. The van der Waals surface area contributed by atoms with Gasteiger partial charge < -0.3 is 15.2 Å². The number of benzene rings is 1. The van der Waals surface area contributed by atoms with Gasteiger partial charge in [0, 0.05) is 25.1 Å². The molecule has 1 fully saturated rings. The van der Waals surface area contributed by atoms with Crippen LogP contribution in [0, 0.1) is 0 Å². The molecule has 140 valence electrons. The normalized spacial score (nSPS) is 16.8. The predicted molar refractivity (Wildman–Crippen MR) is 105 cm³/mol. The molecule has 1 aromatic heterocycles. The summed E-state index contributed by atoms with van der Waals surface area (Å²) >= 11 is 0. The molecular formula is C21H30N4O. The molecule has 0 aliphatic heterocycles. The second kappa shape index (κ2) is 8.39. The van der Waals surface area contributed by atoms with Gasteiger partial charge in [0.2, 0.25) is 0 Å². The average molecular weight is 354 g/mol. The predicted octanol–water partition coefficient (Wildman–Crippen LogP) is 3.98. The summed E-state index contributed by atoms with van der Waals surface area (Å²) in [6.07, 6.45) is 5.03. The minimum Gasteiger partial charge on any atom is -0.359 e. The van der Waals surface area contributed by atoms with Crippen molar-refractivity contribution in [2.24, 2.45) is 4.99 Å². The molecule has 1 aliphatic carbocycles. The fraction of sp³-hybridized carbons (Fsp3) is 0.524. The lowest BCUT2D eigenvalue weighted by Crippen LogP contribution is -2.44. The molecule has 2 N–H and O–H groups in total. The lowest BCUT2D eigenvalue weighted by atomic mass is 9.79. The van der Waals surface area contributed by atoms with Crippen LogP contribution in [0.25, 0.3) is 0 Å². The molecule has 0 bridgehead atoms. The summed E-state index contributed by atoms with van der Waals surface area (Å²) < 4.78 is 5.39. The zero-order chi connectivity index (χ0) is 18.4. The van der Waals surface area contributed by atoms with Crippen LogP contribution in [0.1, 0.15) is 62.5 Å². The fourth-order valence-corrected chi connectivity index (χ4v) is 3.74. The lowest BCUT2D eigenvalue weighted by Gasteiger charge is -2.30. The van der Waals surface area contributed by atoms with Gasteiger partial charge in [-0.15, -0.1) is 0 Å². The number of hydrogen-bond donors (Lipinski definition) is 2. The van der Waals surface area contributed by atoms with E-state index >= 15 is 0 Å². The Hall–Kier alpha value is -2.30. The molecular weight excluding hydrogens is 324 g/mol. The largest absolute Gasteiger partial charge is 0.359 e. The van der Waals surface area contributed by atoms with Crippen molar-refractivity contribution in [2.75, 3.05) is 13.6 Å². The number of aromatic nitrogens is 1. The fourth-order valence-electron chi connectivity index (χ4n) is 3.74. The number of guanidine groups is 1. The Labute approximate surface area is 156 Å². The molecule has 0 amide bonds. The maximum atomic E-state index is 5.39. The van der Waals surface area contributed by atoms with E-state index in [2.05, 4.69) is 65.0 Å². The van der Waals surface area contributed by atoms with Gasteiger partial charge in [-0.3, -0.25) is 4.99 Å². The molecule has 1 saturated carbocycles. The zero-order valence-electron chi connectivity index (χ0n) is 16.1. The van der Waals surface area contributed by atoms with E-state index in [0.29, 0.717) is 12.5 Å². The number of nitrogens with zero attached hydrogens (tertiary/aromatic N) is 2. The van der Waals surface area contributed by atoms with Gasteiger partial charge in [0.15, 0.2) is 11.7 Å². The summed E-state index contributed by atoms with van der Waals surface area (Å²) in [5.41, 5.74) is 2.62. The van der Waals surface area contributed by atoms with Crippen molar-refractivity contribution in [1.82, 2.24) is 15.8 Å². The van der Waals surface area contributed by atoms with E-state index in [-0.39, 0.29) is 5.41 Å². The monoisotopic (exact) mass is 354 g/mol. The minimum atomic E-state index is 0.204. The summed E-state index contributed by atoms with van der Waals surface area (Å²) in [6.45, 7) is 5.70. The first-order chi connectivity index (χ1) is 12.6. The highest BCUT2D eigenvalue weighted by Crippen LogP contribution is 2.40. The van der Waals surface area contributed by atoms with E-state index in [1.54, 1.807) is 7.05 Å². The molecule has 2 aromatic rings. The van der Waals surface area contributed by atoms with Crippen LogP contribution in [0.15, 0.2) is 45.9 Å². The van der Waals surface area contributed by atoms with Crippen molar-refractivity contribution >= 4 is 5.96 Å². The molecule has 1 aromatic carbocycles. The van der Waals surface area contributed by atoms with Gasteiger partial charge in [0.05, 0.1) is 12.2 Å². The highest BCUT2D eigenvalue weighted by Gasteiger charge is 2.35. The molecule has 1 aliphatic rings. The van der Waals surface area contributed by atoms with Crippen molar-refractivity contribution in [3.05, 3.63) is 53.4 Å². The maximum Gasteiger partial charge on any atom is 0.191 e. The Morgan fingerprint density at radius 2 is 1.92 bits per heavy atom. The highest BCUT2D eigenvalue weighted by atomic mass is 16.5. The maximum absolute atomic E-state index is 5.39. The van der Waals surface area contributed by atoms with Crippen molar-refractivity contribution in [2.45, 2.75) is 57.4 Å². The van der Waals surface area contributed by atoms with Gasteiger partial charge in [-0.05, 0) is 24.3 Å². The molecule has 0 saturated heterocycles. The summed E-state index contributed by atoms with van der Waals surface area (Å²) in [6, 6.07) is 12.9. The summed E-state index contributed by atoms with van der Waals surface area (Å²) in [5.74, 6) is 2.00. The Balaban J connectivity index is 1.59. The van der Waals surface area contributed by atoms with Crippen LogP contribution in [0.5, 0.6) is 0 Å². The van der Waals surface area contributed by atoms with Crippen molar-refractivity contribution in [3.8, 4) is 0 Å². The second-order valence-electron chi connectivity index (χ2n) is 7.51. The van der Waals surface area contributed by atoms with Crippen LogP contribution in [0.2, 0.25) is 0 Å². The summed E-state index contributed by atoms with van der Waals surface area (Å²) in [4.78, 5) is 4.36. The van der Waals surface area contributed by atoms with Gasteiger partial charge in [-0.25, -0.2) is 0 Å². The third-order valence-corrected chi connectivity index (χ3v) is 5.36. The Morgan fingerprint density at radius 3 is 2.54 bits per heavy atom. The van der Waals surface area contributed by atoms with Crippen molar-refractivity contribution in [1.29, 1.82) is 0 Å².